The molecule has 0 aliphatic heterocycles. The third-order valence-corrected chi connectivity index (χ3v) is 3.31. The molecule has 0 aliphatic rings. The van der Waals surface area contributed by atoms with Gasteiger partial charge in [0.2, 0.25) is 0 Å². The summed E-state index contributed by atoms with van der Waals surface area (Å²) >= 11 is 11.9. The Hall–Kier alpha value is -1.29. The van der Waals surface area contributed by atoms with Crippen molar-refractivity contribution < 1.29 is 9.13 Å². The molecule has 0 spiro atoms. The predicted molar refractivity (Wildman–Crippen MR) is 80.3 cm³/mol. The molecular weight excluding hydrogens is 300 g/mol. The molecule has 2 N–H and O–H groups in total. The second kappa shape index (κ2) is 6.44. The smallest absolute Gasteiger partial charge is 0.184 e. The molecule has 0 aromatic heterocycles. The van der Waals surface area contributed by atoms with Crippen LogP contribution in [-0.2, 0) is 6.42 Å². The summed E-state index contributed by atoms with van der Waals surface area (Å²) in [6, 6.07) is 9.86. The maximum atomic E-state index is 13.9. The van der Waals surface area contributed by atoms with Crippen LogP contribution < -0.4 is 10.5 Å². The van der Waals surface area contributed by atoms with Crippen molar-refractivity contribution in [3.8, 4) is 11.5 Å². The Balaban J connectivity index is 2.40. The van der Waals surface area contributed by atoms with E-state index in [0.717, 1.165) is 5.56 Å². The summed E-state index contributed by atoms with van der Waals surface area (Å²) in [6.45, 7) is 1.88. The maximum absolute atomic E-state index is 13.9. The van der Waals surface area contributed by atoms with Crippen molar-refractivity contribution in [2.24, 2.45) is 5.73 Å². The molecule has 2 aromatic rings. The van der Waals surface area contributed by atoms with Crippen LogP contribution in [0.3, 0.4) is 0 Å². The molecule has 1 atom stereocenters. The first kappa shape index (κ1) is 15.1. The molecule has 2 rings (SSSR count). The monoisotopic (exact) mass is 313 g/mol. The molecule has 0 bridgehead atoms. The van der Waals surface area contributed by atoms with E-state index in [4.69, 9.17) is 33.7 Å². The zero-order chi connectivity index (χ0) is 14.7. The van der Waals surface area contributed by atoms with Crippen molar-refractivity contribution >= 4 is 23.2 Å². The van der Waals surface area contributed by atoms with Gasteiger partial charge in [0, 0.05) is 6.04 Å². The molecule has 106 valence electrons. The van der Waals surface area contributed by atoms with E-state index in [1.807, 2.05) is 13.0 Å². The Morgan fingerprint density at radius 2 is 1.80 bits per heavy atom. The largest absolute Gasteiger partial charge is 0.452 e. The molecule has 0 radical (unpaired) electrons. The van der Waals surface area contributed by atoms with Gasteiger partial charge in [0.05, 0.1) is 10.0 Å². The number of hydrogen-bond donors (Lipinski definition) is 1. The van der Waals surface area contributed by atoms with Gasteiger partial charge in [0.25, 0.3) is 0 Å². The van der Waals surface area contributed by atoms with Gasteiger partial charge < -0.3 is 10.5 Å². The van der Waals surface area contributed by atoms with Crippen molar-refractivity contribution in [2.75, 3.05) is 0 Å². The van der Waals surface area contributed by atoms with E-state index in [2.05, 4.69) is 0 Å². The number of benzene rings is 2. The van der Waals surface area contributed by atoms with E-state index in [1.165, 1.54) is 12.1 Å². The van der Waals surface area contributed by atoms with Gasteiger partial charge in [-0.2, -0.15) is 0 Å². The Morgan fingerprint density at radius 3 is 2.50 bits per heavy atom. The number of nitrogens with two attached hydrogens (primary N) is 1. The summed E-state index contributed by atoms with van der Waals surface area (Å²) in [5.41, 5.74) is 6.62. The van der Waals surface area contributed by atoms with Crippen LogP contribution in [0.15, 0.2) is 36.4 Å². The van der Waals surface area contributed by atoms with Gasteiger partial charge in [-0.05, 0) is 37.1 Å². The van der Waals surface area contributed by atoms with E-state index in [-0.39, 0.29) is 16.8 Å². The topological polar surface area (TPSA) is 35.2 Å². The van der Waals surface area contributed by atoms with Crippen molar-refractivity contribution in [3.63, 3.8) is 0 Å². The highest BCUT2D eigenvalue weighted by molar-refractivity contribution is 6.32. The lowest BCUT2D eigenvalue weighted by Crippen LogP contribution is -2.18. The highest BCUT2D eigenvalue weighted by Crippen LogP contribution is 2.36. The van der Waals surface area contributed by atoms with Gasteiger partial charge >= 0.3 is 0 Å². The highest BCUT2D eigenvalue weighted by Gasteiger charge is 2.14. The SMILES string of the molecule is CC(N)Cc1cccc(Cl)c1Oc1cccc(Cl)c1F. The fourth-order valence-electron chi connectivity index (χ4n) is 1.85. The molecule has 0 saturated heterocycles. The van der Waals surface area contributed by atoms with Crippen molar-refractivity contribution in [2.45, 2.75) is 19.4 Å². The van der Waals surface area contributed by atoms with E-state index >= 15 is 0 Å². The summed E-state index contributed by atoms with van der Waals surface area (Å²) in [6.07, 6.45) is 0.581. The fraction of sp³-hybridized carbons (Fsp3) is 0.200. The van der Waals surface area contributed by atoms with Crippen molar-refractivity contribution in [1.82, 2.24) is 0 Å². The minimum absolute atomic E-state index is 0.00305. The lowest BCUT2D eigenvalue weighted by atomic mass is 10.1. The van der Waals surface area contributed by atoms with Crippen LogP contribution in [0, 0.1) is 5.82 Å². The first-order valence-electron chi connectivity index (χ1n) is 6.14. The zero-order valence-corrected chi connectivity index (χ0v) is 12.4. The second-order valence-corrected chi connectivity index (χ2v) is 5.38. The number of ether oxygens (including phenoxy) is 1. The van der Waals surface area contributed by atoms with Crippen LogP contribution in [0.5, 0.6) is 11.5 Å². The molecule has 20 heavy (non-hydrogen) atoms. The average Bonchev–Trinajstić information content (AvgIpc) is 2.38. The van der Waals surface area contributed by atoms with Crippen LogP contribution in [0.4, 0.5) is 4.39 Å². The Kier molecular flexibility index (Phi) is 4.86. The lowest BCUT2D eigenvalue weighted by molar-refractivity contribution is 0.437. The quantitative estimate of drug-likeness (QED) is 0.878. The second-order valence-electron chi connectivity index (χ2n) is 4.56. The predicted octanol–water partition coefficient (Wildman–Crippen LogP) is 4.81. The molecule has 0 fully saturated rings. The molecule has 0 amide bonds. The number of halogens is 3. The van der Waals surface area contributed by atoms with Gasteiger partial charge in [-0.3, -0.25) is 0 Å². The molecule has 5 heteroatoms. The molecule has 2 nitrogen and oxygen atoms in total. The average molecular weight is 314 g/mol. The maximum Gasteiger partial charge on any atom is 0.184 e. The summed E-state index contributed by atoms with van der Waals surface area (Å²) in [5, 5.41) is 0.408. The highest BCUT2D eigenvalue weighted by atomic mass is 35.5. The fourth-order valence-corrected chi connectivity index (χ4v) is 2.25. The minimum atomic E-state index is -0.610. The van der Waals surface area contributed by atoms with Crippen LogP contribution >= 0.6 is 23.2 Å². The molecule has 1 unspecified atom stereocenters. The standard InChI is InChI=1S/C15H14Cl2FNO/c1-9(19)8-10-4-2-6-12(17)15(10)20-13-7-3-5-11(16)14(13)18/h2-7,9H,8,19H2,1H3. The van der Waals surface area contributed by atoms with Gasteiger partial charge in [0.1, 0.15) is 5.75 Å². The lowest BCUT2D eigenvalue weighted by Gasteiger charge is -2.15. The van der Waals surface area contributed by atoms with E-state index in [1.54, 1.807) is 18.2 Å². The molecule has 0 heterocycles. The van der Waals surface area contributed by atoms with Crippen LogP contribution in [0.25, 0.3) is 0 Å². The van der Waals surface area contributed by atoms with Gasteiger partial charge in [-0.15, -0.1) is 0 Å². The third-order valence-electron chi connectivity index (χ3n) is 2.72. The number of para-hydroxylation sites is 1. The van der Waals surface area contributed by atoms with Crippen molar-refractivity contribution in [1.29, 1.82) is 0 Å². The third kappa shape index (κ3) is 3.42. The summed E-state index contributed by atoms with van der Waals surface area (Å²) in [5.74, 6) is -0.162. The Morgan fingerprint density at radius 1 is 1.15 bits per heavy atom. The minimum Gasteiger partial charge on any atom is -0.452 e. The van der Waals surface area contributed by atoms with E-state index in [9.17, 15) is 4.39 Å². The Labute approximate surface area is 127 Å². The van der Waals surface area contributed by atoms with Gasteiger partial charge in [0.15, 0.2) is 11.6 Å². The van der Waals surface area contributed by atoms with Crippen molar-refractivity contribution in [3.05, 3.63) is 57.8 Å². The summed E-state index contributed by atoms with van der Waals surface area (Å²) in [4.78, 5) is 0. The summed E-state index contributed by atoms with van der Waals surface area (Å²) < 4.78 is 19.5. The van der Waals surface area contributed by atoms with E-state index in [0.29, 0.717) is 17.2 Å². The first-order valence-corrected chi connectivity index (χ1v) is 6.89. The van der Waals surface area contributed by atoms with E-state index < -0.39 is 5.82 Å². The Bertz CT molecular complexity index is 617. The van der Waals surface area contributed by atoms with Crippen LogP contribution in [0.2, 0.25) is 10.0 Å². The molecule has 2 aromatic carbocycles. The van der Waals surface area contributed by atoms with Crippen LogP contribution in [-0.4, -0.2) is 6.04 Å². The number of hydrogen-bond acceptors (Lipinski definition) is 2. The molecular formula is C15H14Cl2FNO. The van der Waals surface area contributed by atoms with Gasteiger partial charge in [-0.1, -0.05) is 41.4 Å². The molecule has 0 saturated carbocycles. The van der Waals surface area contributed by atoms with Gasteiger partial charge in [-0.25, -0.2) is 4.39 Å². The normalized spacial score (nSPS) is 12.2. The zero-order valence-electron chi connectivity index (χ0n) is 10.9. The van der Waals surface area contributed by atoms with Crippen LogP contribution in [0.1, 0.15) is 12.5 Å². The summed E-state index contributed by atoms with van der Waals surface area (Å²) in [7, 11) is 0. The number of rotatable bonds is 4. The molecule has 0 aliphatic carbocycles. The first-order chi connectivity index (χ1) is 9.49.